The molecule has 0 aliphatic heterocycles. The predicted molar refractivity (Wildman–Crippen MR) is 126 cm³/mol. The Balaban J connectivity index is 1.88. The van der Waals surface area contributed by atoms with Crippen LogP contribution in [0.15, 0.2) is 24.3 Å². The van der Waals surface area contributed by atoms with Crippen molar-refractivity contribution in [2.24, 2.45) is 11.8 Å². The van der Waals surface area contributed by atoms with E-state index in [2.05, 4.69) is 65.8 Å². The van der Waals surface area contributed by atoms with Crippen LogP contribution in [-0.2, 0) is 0 Å². The number of hydrogen-bond donors (Lipinski definition) is 2. The van der Waals surface area contributed by atoms with Gasteiger partial charge in [0.15, 0.2) is 0 Å². The van der Waals surface area contributed by atoms with Crippen LogP contribution in [0.1, 0.15) is 113 Å². The smallest absolute Gasteiger partial charge is 0.122 e. The minimum Gasteiger partial charge on any atom is -0.507 e. The van der Waals surface area contributed by atoms with Crippen molar-refractivity contribution in [3.63, 3.8) is 0 Å². The quantitative estimate of drug-likeness (QED) is 0.488. The van der Waals surface area contributed by atoms with E-state index in [0.717, 1.165) is 22.3 Å². The first-order valence-electron chi connectivity index (χ1n) is 11.9. The van der Waals surface area contributed by atoms with E-state index in [-0.39, 0.29) is 11.8 Å². The summed E-state index contributed by atoms with van der Waals surface area (Å²) in [6, 6.07) is 8.77. The highest BCUT2D eigenvalue weighted by Gasteiger charge is 2.33. The summed E-state index contributed by atoms with van der Waals surface area (Å²) in [5, 5.41) is 22.1. The average molecular weight is 407 g/mol. The van der Waals surface area contributed by atoms with E-state index in [1.54, 1.807) is 0 Å². The first-order chi connectivity index (χ1) is 14.2. The Morgan fingerprint density at radius 3 is 1.13 bits per heavy atom. The van der Waals surface area contributed by atoms with Crippen LogP contribution >= 0.6 is 0 Å². The van der Waals surface area contributed by atoms with Crippen LogP contribution in [0, 0.1) is 11.8 Å². The van der Waals surface area contributed by atoms with Crippen LogP contribution in [0.4, 0.5) is 0 Å². The minimum absolute atomic E-state index is 0.265. The highest BCUT2D eigenvalue weighted by Crippen LogP contribution is 2.50. The Morgan fingerprint density at radius 1 is 0.567 bits per heavy atom. The second kappa shape index (κ2) is 7.94. The van der Waals surface area contributed by atoms with E-state index in [1.807, 2.05) is 0 Å². The Labute approximate surface area is 182 Å². The second-order valence-electron chi connectivity index (χ2n) is 10.6. The third kappa shape index (κ3) is 3.98. The Bertz CT molecular complexity index is 855. The van der Waals surface area contributed by atoms with Crippen molar-refractivity contribution in [2.45, 2.75) is 90.9 Å². The maximum atomic E-state index is 11.0. The molecule has 2 aromatic carbocycles. The normalized spacial score (nSPS) is 18.8. The summed E-state index contributed by atoms with van der Waals surface area (Å²) in [5.41, 5.74) is 6.59. The summed E-state index contributed by atoms with van der Waals surface area (Å²) in [7, 11) is 0. The van der Waals surface area contributed by atoms with Gasteiger partial charge in [0.1, 0.15) is 11.5 Å². The summed E-state index contributed by atoms with van der Waals surface area (Å²) in [6.07, 6.45) is 5.06. The highest BCUT2D eigenvalue weighted by molar-refractivity contribution is 5.71. The summed E-state index contributed by atoms with van der Waals surface area (Å²) < 4.78 is 0. The fraction of sp³-hybridized carbons (Fsp3) is 0.571. The van der Waals surface area contributed by atoms with E-state index in [1.165, 1.54) is 36.8 Å². The Hall–Kier alpha value is -1.96. The summed E-state index contributed by atoms with van der Waals surface area (Å²) >= 11 is 0. The first-order valence-corrected chi connectivity index (χ1v) is 11.9. The fourth-order valence-electron chi connectivity index (χ4n) is 4.97. The Kier molecular flexibility index (Phi) is 5.64. The van der Waals surface area contributed by atoms with Gasteiger partial charge >= 0.3 is 0 Å². The molecule has 2 heteroatoms. The van der Waals surface area contributed by atoms with Gasteiger partial charge in [0, 0.05) is 0 Å². The summed E-state index contributed by atoms with van der Waals surface area (Å²) in [6.45, 7) is 13.1. The molecule has 162 valence electrons. The monoisotopic (exact) mass is 406 g/mol. The molecule has 30 heavy (non-hydrogen) atoms. The standard InChI is InChI=1S/C28H38O2/c1-15(2)23-11-21(13-25(27(23)29)17(5)19-7-8-19)22-12-24(16(3)4)28(30)26(14-22)18(6)20-9-10-20/h11-20,29-30H,7-10H2,1-6H3/t17-,18?/m1/s1. The summed E-state index contributed by atoms with van der Waals surface area (Å²) in [4.78, 5) is 0. The predicted octanol–water partition coefficient (Wildman–Crippen LogP) is 8.04. The summed E-state index contributed by atoms with van der Waals surface area (Å²) in [5.74, 6) is 3.67. The van der Waals surface area contributed by atoms with E-state index < -0.39 is 0 Å². The molecule has 0 bridgehead atoms. The second-order valence-corrected chi connectivity index (χ2v) is 10.6. The molecule has 2 nitrogen and oxygen atoms in total. The third-order valence-corrected chi connectivity index (χ3v) is 7.55. The molecule has 2 aliphatic rings. The van der Waals surface area contributed by atoms with Crippen LogP contribution in [0.5, 0.6) is 11.5 Å². The molecule has 0 spiro atoms. The van der Waals surface area contributed by atoms with Crippen molar-refractivity contribution in [3.05, 3.63) is 46.5 Å². The van der Waals surface area contributed by atoms with E-state index in [4.69, 9.17) is 0 Å². The van der Waals surface area contributed by atoms with Crippen molar-refractivity contribution in [1.29, 1.82) is 0 Å². The number of phenolic OH excluding ortho intramolecular Hbond substituents is 2. The fourth-order valence-corrected chi connectivity index (χ4v) is 4.97. The number of benzene rings is 2. The molecular weight excluding hydrogens is 368 g/mol. The Morgan fingerprint density at radius 2 is 0.867 bits per heavy atom. The molecule has 2 aliphatic carbocycles. The zero-order chi connectivity index (χ0) is 21.7. The molecule has 0 heterocycles. The van der Waals surface area contributed by atoms with Gasteiger partial charge in [-0.3, -0.25) is 0 Å². The molecule has 2 fully saturated rings. The first kappa shape index (κ1) is 21.3. The van der Waals surface area contributed by atoms with Gasteiger partial charge in [0.25, 0.3) is 0 Å². The van der Waals surface area contributed by atoms with Crippen LogP contribution in [-0.4, -0.2) is 10.2 Å². The van der Waals surface area contributed by atoms with E-state index >= 15 is 0 Å². The SMILES string of the molecule is CC(C)c1cc(-c2cc(C(C)C)c(O)c([C@H](C)C3CC3)c2)cc(C(C)C2CC2)c1O. The molecule has 2 N–H and O–H groups in total. The van der Waals surface area contributed by atoms with Crippen LogP contribution < -0.4 is 0 Å². The average Bonchev–Trinajstić information content (AvgIpc) is 3.59. The molecule has 0 saturated heterocycles. The van der Waals surface area contributed by atoms with Gasteiger partial charge in [-0.1, -0.05) is 41.5 Å². The highest BCUT2D eigenvalue weighted by atomic mass is 16.3. The molecule has 0 aromatic heterocycles. The zero-order valence-corrected chi connectivity index (χ0v) is 19.5. The van der Waals surface area contributed by atoms with Crippen LogP contribution in [0.3, 0.4) is 0 Å². The van der Waals surface area contributed by atoms with Crippen molar-refractivity contribution in [2.75, 3.05) is 0 Å². The van der Waals surface area contributed by atoms with Crippen molar-refractivity contribution < 1.29 is 10.2 Å². The molecule has 0 radical (unpaired) electrons. The minimum atomic E-state index is 0.265. The van der Waals surface area contributed by atoms with Gasteiger partial charge in [-0.25, -0.2) is 0 Å². The van der Waals surface area contributed by atoms with Gasteiger partial charge in [0.2, 0.25) is 0 Å². The van der Waals surface area contributed by atoms with E-state index in [9.17, 15) is 10.2 Å². The van der Waals surface area contributed by atoms with Gasteiger partial charge in [-0.2, -0.15) is 0 Å². The molecular formula is C28H38O2. The zero-order valence-electron chi connectivity index (χ0n) is 19.5. The van der Waals surface area contributed by atoms with Crippen LogP contribution in [0.2, 0.25) is 0 Å². The van der Waals surface area contributed by atoms with Gasteiger partial charge in [-0.15, -0.1) is 0 Å². The molecule has 2 aromatic rings. The topological polar surface area (TPSA) is 40.5 Å². The number of hydrogen-bond acceptors (Lipinski definition) is 2. The third-order valence-electron chi connectivity index (χ3n) is 7.55. The number of aromatic hydroxyl groups is 2. The van der Waals surface area contributed by atoms with Gasteiger partial charge in [-0.05, 0) is 119 Å². The maximum absolute atomic E-state index is 11.0. The van der Waals surface area contributed by atoms with E-state index in [0.29, 0.717) is 35.2 Å². The largest absolute Gasteiger partial charge is 0.507 e. The molecule has 0 amide bonds. The lowest BCUT2D eigenvalue weighted by atomic mass is 9.84. The number of phenols is 2. The molecule has 2 saturated carbocycles. The molecule has 2 atom stereocenters. The lowest BCUT2D eigenvalue weighted by Gasteiger charge is -2.22. The lowest BCUT2D eigenvalue weighted by molar-refractivity contribution is 0.448. The molecule has 4 rings (SSSR count). The van der Waals surface area contributed by atoms with Crippen molar-refractivity contribution in [1.82, 2.24) is 0 Å². The number of rotatable bonds is 7. The lowest BCUT2D eigenvalue weighted by Crippen LogP contribution is -2.03. The van der Waals surface area contributed by atoms with Crippen molar-refractivity contribution >= 4 is 0 Å². The van der Waals surface area contributed by atoms with Crippen molar-refractivity contribution in [3.8, 4) is 22.6 Å². The van der Waals surface area contributed by atoms with Gasteiger partial charge < -0.3 is 10.2 Å². The van der Waals surface area contributed by atoms with Gasteiger partial charge in [0.05, 0.1) is 0 Å². The molecule has 1 unspecified atom stereocenters. The van der Waals surface area contributed by atoms with Crippen LogP contribution in [0.25, 0.3) is 11.1 Å². The maximum Gasteiger partial charge on any atom is 0.122 e.